The fourth-order valence-corrected chi connectivity index (χ4v) is 2.46. The van der Waals surface area contributed by atoms with Crippen LogP contribution in [0.3, 0.4) is 0 Å². The van der Waals surface area contributed by atoms with Crippen molar-refractivity contribution in [3.8, 4) is 0 Å². The van der Waals surface area contributed by atoms with Crippen molar-refractivity contribution in [2.45, 2.75) is 0 Å². The number of anilines is 1. The molecule has 0 aromatic heterocycles. The summed E-state index contributed by atoms with van der Waals surface area (Å²) in [5.74, 6) is 0. The number of benzene rings is 2. The molecule has 0 bridgehead atoms. The van der Waals surface area contributed by atoms with Crippen molar-refractivity contribution in [2.24, 2.45) is 0 Å². The summed E-state index contributed by atoms with van der Waals surface area (Å²) in [7, 11) is 0. The van der Waals surface area contributed by atoms with E-state index in [4.69, 9.17) is 11.6 Å². The molecule has 0 atom stereocenters. The highest BCUT2D eigenvalue weighted by Crippen LogP contribution is 2.34. The van der Waals surface area contributed by atoms with Crippen LogP contribution in [0.2, 0.25) is 5.02 Å². The van der Waals surface area contributed by atoms with Crippen molar-refractivity contribution in [3.63, 3.8) is 0 Å². The number of halogens is 2. The first-order valence-corrected chi connectivity index (χ1v) is 6.12. The lowest BCUT2D eigenvalue weighted by Gasteiger charge is -2.10. The Morgan fingerprint density at radius 3 is 2.81 bits per heavy atom. The summed E-state index contributed by atoms with van der Waals surface area (Å²) in [4.78, 5) is 0. The third-order valence-corrected chi connectivity index (χ3v) is 3.56. The van der Waals surface area contributed by atoms with E-state index in [1.807, 2.05) is 36.4 Å². The minimum Gasteiger partial charge on any atom is -0.381 e. The van der Waals surface area contributed by atoms with Gasteiger partial charge in [-0.15, -0.1) is 6.58 Å². The molecule has 2 aromatic carbocycles. The number of fused-ring (bicyclic) bond motifs is 1. The zero-order chi connectivity index (χ0) is 11.5. The third kappa shape index (κ3) is 2.08. The minimum atomic E-state index is 0.741. The van der Waals surface area contributed by atoms with Crippen molar-refractivity contribution in [2.75, 3.05) is 11.9 Å². The van der Waals surface area contributed by atoms with Gasteiger partial charge in [-0.1, -0.05) is 35.9 Å². The maximum Gasteiger partial charge on any atom is 0.0493 e. The average molecular weight is 297 g/mol. The van der Waals surface area contributed by atoms with Crippen LogP contribution in [0.25, 0.3) is 10.8 Å². The second kappa shape index (κ2) is 4.89. The Hall–Kier alpha value is -0.990. The summed E-state index contributed by atoms with van der Waals surface area (Å²) < 4.78 is 1.04. The molecule has 0 amide bonds. The smallest absolute Gasteiger partial charge is 0.0493 e. The molecule has 0 spiro atoms. The predicted octanol–water partition coefficient (Wildman–Crippen LogP) is 4.85. The van der Waals surface area contributed by atoms with Gasteiger partial charge in [0, 0.05) is 27.1 Å². The van der Waals surface area contributed by atoms with Crippen LogP contribution >= 0.6 is 27.5 Å². The van der Waals surface area contributed by atoms with Crippen LogP contribution in [0.15, 0.2) is 47.5 Å². The fraction of sp³-hybridized carbons (Fsp3) is 0.0769. The van der Waals surface area contributed by atoms with Gasteiger partial charge in [0.2, 0.25) is 0 Å². The second-order valence-corrected chi connectivity index (χ2v) is 4.63. The largest absolute Gasteiger partial charge is 0.381 e. The molecule has 1 nitrogen and oxygen atoms in total. The van der Waals surface area contributed by atoms with E-state index in [1.165, 1.54) is 0 Å². The first-order valence-electron chi connectivity index (χ1n) is 4.95. The van der Waals surface area contributed by atoms with E-state index in [1.54, 1.807) is 0 Å². The number of hydrogen-bond donors (Lipinski definition) is 1. The Balaban J connectivity index is 2.56. The van der Waals surface area contributed by atoms with Gasteiger partial charge in [0.1, 0.15) is 0 Å². The Labute approximate surface area is 108 Å². The Morgan fingerprint density at radius 1 is 1.25 bits per heavy atom. The summed E-state index contributed by atoms with van der Waals surface area (Å²) >= 11 is 9.72. The third-order valence-electron chi connectivity index (χ3n) is 2.38. The molecule has 82 valence electrons. The van der Waals surface area contributed by atoms with Gasteiger partial charge in [-0.05, 0) is 33.4 Å². The monoisotopic (exact) mass is 295 g/mol. The fourth-order valence-electron chi connectivity index (χ4n) is 1.60. The second-order valence-electron chi connectivity index (χ2n) is 3.43. The molecule has 0 saturated carbocycles. The maximum absolute atomic E-state index is 6.13. The van der Waals surface area contributed by atoms with Crippen LogP contribution in [0, 0.1) is 0 Å². The molecule has 0 unspecified atom stereocenters. The van der Waals surface area contributed by atoms with Crippen LogP contribution in [0.1, 0.15) is 0 Å². The minimum absolute atomic E-state index is 0.741. The molecule has 0 heterocycles. The molecule has 16 heavy (non-hydrogen) atoms. The Bertz CT molecular complexity index is 537. The molecule has 0 saturated heterocycles. The van der Waals surface area contributed by atoms with Gasteiger partial charge in [0.05, 0.1) is 0 Å². The average Bonchev–Trinajstić information content (AvgIpc) is 2.29. The van der Waals surface area contributed by atoms with E-state index in [2.05, 4.69) is 27.8 Å². The highest BCUT2D eigenvalue weighted by atomic mass is 79.9. The van der Waals surface area contributed by atoms with Crippen LogP contribution in [-0.2, 0) is 0 Å². The lowest BCUT2D eigenvalue weighted by Crippen LogP contribution is -1.98. The van der Waals surface area contributed by atoms with Crippen molar-refractivity contribution in [1.29, 1.82) is 0 Å². The topological polar surface area (TPSA) is 12.0 Å². The lowest BCUT2D eigenvalue weighted by atomic mass is 10.1. The quantitative estimate of drug-likeness (QED) is 0.798. The molecular formula is C13H11BrClN. The van der Waals surface area contributed by atoms with Gasteiger partial charge >= 0.3 is 0 Å². The highest BCUT2D eigenvalue weighted by molar-refractivity contribution is 9.10. The summed E-state index contributed by atoms with van der Waals surface area (Å²) in [6.07, 6.45) is 1.83. The molecule has 0 aliphatic heterocycles. The molecular weight excluding hydrogens is 286 g/mol. The van der Waals surface area contributed by atoms with Gasteiger partial charge < -0.3 is 5.32 Å². The van der Waals surface area contributed by atoms with E-state index in [9.17, 15) is 0 Å². The standard InChI is InChI=1S/C13H11BrClN/c1-2-8-16-12-7-6-9-10(13(12)14)4-3-5-11(9)15/h2-7,16H,1,8H2. The zero-order valence-corrected chi connectivity index (χ0v) is 11.0. The molecule has 0 aliphatic carbocycles. The summed E-state index contributed by atoms with van der Waals surface area (Å²) in [6.45, 7) is 4.42. The molecule has 2 rings (SSSR count). The summed E-state index contributed by atoms with van der Waals surface area (Å²) in [6, 6.07) is 9.93. The summed E-state index contributed by atoms with van der Waals surface area (Å²) in [5, 5.41) is 6.21. The molecule has 2 aromatic rings. The molecule has 1 N–H and O–H groups in total. The number of hydrogen-bond acceptors (Lipinski definition) is 1. The van der Waals surface area contributed by atoms with Gasteiger partial charge in [0.25, 0.3) is 0 Å². The van der Waals surface area contributed by atoms with Gasteiger partial charge in [-0.2, -0.15) is 0 Å². The van der Waals surface area contributed by atoms with Crippen LogP contribution in [-0.4, -0.2) is 6.54 Å². The first kappa shape index (κ1) is 11.5. The van der Waals surface area contributed by atoms with Crippen LogP contribution < -0.4 is 5.32 Å². The van der Waals surface area contributed by atoms with E-state index in [0.29, 0.717) is 0 Å². The molecule has 0 fully saturated rings. The number of nitrogens with one attached hydrogen (secondary N) is 1. The normalized spacial score (nSPS) is 10.4. The highest BCUT2D eigenvalue weighted by Gasteiger charge is 2.06. The van der Waals surface area contributed by atoms with Crippen molar-refractivity contribution < 1.29 is 0 Å². The predicted molar refractivity (Wildman–Crippen MR) is 75.3 cm³/mol. The van der Waals surface area contributed by atoms with Crippen LogP contribution in [0.5, 0.6) is 0 Å². The van der Waals surface area contributed by atoms with E-state index >= 15 is 0 Å². The Kier molecular flexibility index (Phi) is 3.52. The molecule has 3 heteroatoms. The Morgan fingerprint density at radius 2 is 2.06 bits per heavy atom. The molecule has 0 aliphatic rings. The van der Waals surface area contributed by atoms with Crippen LogP contribution in [0.4, 0.5) is 5.69 Å². The molecule has 0 radical (unpaired) electrons. The maximum atomic E-state index is 6.13. The van der Waals surface area contributed by atoms with E-state index < -0.39 is 0 Å². The van der Waals surface area contributed by atoms with Crippen molar-refractivity contribution >= 4 is 44.0 Å². The number of rotatable bonds is 3. The van der Waals surface area contributed by atoms with E-state index in [-0.39, 0.29) is 0 Å². The van der Waals surface area contributed by atoms with E-state index in [0.717, 1.165) is 32.5 Å². The van der Waals surface area contributed by atoms with Gasteiger partial charge in [0.15, 0.2) is 0 Å². The SMILES string of the molecule is C=CCNc1ccc2c(Cl)cccc2c1Br. The lowest BCUT2D eigenvalue weighted by molar-refractivity contribution is 1.34. The van der Waals surface area contributed by atoms with Gasteiger partial charge in [-0.3, -0.25) is 0 Å². The first-order chi connectivity index (χ1) is 7.74. The van der Waals surface area contributed by atoms with Crippen molar-refractivity contribution in [3.05, 3.63) is 52.5 Å². The zero-order valence-electron chi connectivity index (χ0n) is 8.63. The summed E-state index contributed by atoms with van der Waals surface area (Å²) in [5.41, 5.74) is 1.05. The van der Waals surface area contributed by atoms with Crippen molar-refractivity contribution in [1.82, 2.24) is 0 Å². The van der Waals surface area contributed by atoms with Gasteiger partial charge in [-0.25, -0.2) is 0 Å².